The Bertz CT molecular complexity index is 1170. The Morgan fingerprint density at radius 3 is 2.51 bits per heavy atom. The molecule has 8 heteroatoms. The highest BCUT2D eigenvalue weighted by Gasteiger charge is 2.47. The Morgan fingerprint density at radius 2 is 1.86 bits per heavy atom. The quantitative estimate of drug-likeness (QED) is 0.412. The minimum Gasteiger partial charge on any atom is -0.478 e. The SMILES string of the molecule is Cc1cc(C)c(C(=O)O)c(/C=C/C[C@H]2OC(C)(C)O[C@@H]2C(OC(=O)c2ccccc2)/C(F)=C\CCO)c1. The van der Waals surface area contributed by atoms with Gasteiger partial charge in [-0.1, -0.05) is 48.0 Å². The van der Waals surface area contributed by atoms with Crippen LogP contribution in [0, 0.1) is 13.8 Å². The zero-order valence-electron chi connectivity index (χ0n) is 21.4. The van der Waals surface area contributed by atoms with E-state index in [0.717, 1.165) is 5.56 Å². The normalized spacial score (nSPS) is 20.2. The topological polar surface area (TPSA) is 102 Å². The molecule has 0 amide bonds. The van der Waals surface area contributed by atoms with Gasteiger partial charge in [0, 0.05) is 6.61 Å². The third kappa shape index (κ3) is 7.35. The summed E-state index contributed by atoms with van der Waals surface area (Å²) in [6.45, 7) is 6.72. The molecule has 3 atom stereocenters. The van der Waals surface area contributed by atoms with Crippen molar-refractivity contribution in [1.82, 2.24) is 0 Å². The average molecular weight is 513 g/mol. The van der Waals surface area contributed by atoms with Crippen molar-refractivity contribution in [2.45, 2.75) is 64.6 Å². The summed E-state index contributed by atoms with van der Waals surface area (Å²) in [5.41, 5.74) is 2.57. The van der Waals surface area contributed by atoms with E-state index in [4.69, 9.17) is 19.3 Å². The summed E-state index contributed by atoms with van der Waals surface area (Å²) >= 11 is 0. The number of carboxylic acids is 1. The summed E-state index contributed by atoms with van der Waals surface area (Å²) in [4.78, 5) is 24.6. The third-order valence-electron chi connectivity index (χ3n) is 5.89. The molecule has 0 saturated carbocycles. The first-order valence-electron chi connectivity index (χ1n) is 12.1. The highest BCUT2D eigenvalue weighted by molar-refractivity contribution is 5.94. The number of aryl methyl sites for hydroxylation is 2. The number of benzene rings is 2. The summed E-state index contributed by atoms with van der Waals surface area (Å²) in [7, 11) is 0. The first kappa shape index (κ1) is 28.2. The van der Waals surface area contributed by atoms with E-state index in [0.29, 0.717) is 11.1 Å². The Balaban J connectivity index is 1.89. The van der Waals surface area contributed by atoms with Crippen LogP contribution >= 0.6 is 0 Å². The zero-order chi connectivity index (χ0) is 27.2. The van der Waals surface area contributed by atoms with Gasteiger partial charge in [0.1, 0.15) is 11.9 Å². The highest BCUT2D eigenvalue weighted by atomic mass is 19.1. The van der Waals surface area contributed by atoms with Crippen molar-refractivity contribution in [3.05, 3.63) is 88.3 Å². The number of hydrogen-bond acceptors (Lipinski definition) is 6. The third-order valence-corrected chi connectivity index (χ3v) is 5.89. The van der Waals surface area contributed by atoms with Crippen LogP contribution in [-0.4, -0.2) is 52.9 Å². The van der Waals surface area contributed by atoms with E-state index < -0.39 is 41.9 Å². The van der Waals surface area contributed by atoms with Crippen LogP contribution in [0.4, 0.5) is 4.39 Å². The molecule has 1 unspecified atom stereocenters. The number of rotatable bonds is 10. The lowest BCUT2D eigenvalue weighted by atomic mass is 9.97. The number of carbonyl (C=O) groups excluding carboxylic acids is 1. The maximum absolute atomic E-state index is 15.3. The Labute approximate surface area is 216 Å². The number of ether oxygens (including phenoxy) is 3. The Hall–Kier alpha value is -3.33. The molecule has 1 saturated heterocycles. The molecular formula is C29H33FO7. The molecule has 0 bridgehead atoms. The monoisotopic (exact) mass is 512 g/mol. The molecule has 1 heterocycles. The van der Waals surface area contributed by atoms with Crippen LogP contribution in [0.15, 0.2) is 60.4 Å². The van der Waals surface area contributed by atoms with Crippen molar-refractivity contribution >= 4 is 18.0 Å². The fourth-order valence-electron chi connectivity index (χ4n) is 4.41. The van der Waals surface area contributed by atoms with E-state index in [2.05, 4.69) is 0 Å². The van der Waals surface area contributed by atoms with E-state index in [1.807, 2.05) is 6.92 Å². The number of aliphatic hydroxyl groups is 1. The Kier molecular flexibility index (Phi) is 9.37. The average Bonchev–Trinajstić information content (AvgIpc) is 3.14. The van der Waals surface area contributed by atoms with Gasteiger partial charge < -0.3 is 24.4 Å². The number of esters is 1. The fraction of sp³-hybridized carbons (Fsp3) is 0.379. The summed E-state index contributed by atoms with van der Waals surface area (Å²) in [6, 6.07) is 11.8. The van der Waals surface area contributed by atoms with Gasteiger partial charge in [-0.3, -0.25) is 0 Å². The maximum atomic E-state index is 15.3. The Morgan fingerprint density at radius 1 is 1.16 bits per heavy atom. The van der Waals surface area contributed by atoms with Crippen LogP contribution < -0.4 is 0 Å². The van der Waals surface area contributed by atoms with Crippen molar-refractivity contribution in [2.75, 3.05) is 6.61 Å². The molecule has 7 nitrogen and oxygen atoms in total. The van der Waals surface area contributed by atoms with Gasteiger partial charge in [-0.05, 0) is 69.9 Å². The van der Waals surface area contributed by atoms with Crippen LogP contribution in [0.2, 0.25) is 0 Å². The van der Waals surface area contributed by atoms with Crippen LogP contribution in [-0.2, 0) is 14.2 Å². The predicted octanol–water partition coefficient (Wildman–Crippen LogP) is 5.39. The molecule has 0 radical (unpaired) electrons. The van der Waals surface area contributed by atoms with Gasteiger partial charge in [0.25, 0.3) is 0 Å². The number of aliphatic hydroxyl groups excluding tert-OH is 1. The van der Waals surface area contributed by atoms with E-state index >= 15 is 4.39 Å². The standard InChI is InChI=1S/C29H33FO7/c1-18-16-19(2)24(27(32)33)21(17-18)12-8-14-23-26(37-29(3,4)36-23)25(22(30)13-9-15-31)35-28(34)20-10-6-5-7-11-20/h5-8,10-13,16-17,23,25-26,31H,9,14-15H2,1-4H3,(H,32,33)/b12-8+,22-13+/t23-,25?,26+/m1/s1. The lowest BCUT2D eigenvalue weighted by molar-refractivity contribution is -0.154. The molecule has 0 aliphatic carbocycles. The van der Waals surface area contributed by atoms with Crippen LogP contribution in [0.25, 0.3) is 6.08 Å². The molecule has 37 heavy (non-hydrogen) atoms. The molecule has 1 fully saturated rings. The summed E-state index contributed by atoms with van der Waals surface area (Å²) in [6.07, 6.45) is 1.79. The van der Waals surface area contributed by atoms with Gasteiger partial charge in [0.15, 0.2) is 11.9 Å². The second kappa shape index (κ2) is 12.3. The fourth-order valence-corrected chi connectivity index (χ4v) is 4.41. The maximum Gasteiger partial charge on any atom is 0.338 e. The van der Waals surface area contributed by atoms with Crippen LogP contribution in [0.5, 0.6) is 0 Å². The predicted molar refractivity (Wildman–Crippen MR) is 137 cm³/mol. The number of halogens is 1. The lowest BCUT2D eigenvalue weighted by Gasteiger charge is -2.25. The molecule has 0 spiro atoms. The molecule has 2 aromatic rings. The first-order valence-corrected chi connectivity index (χ1v) is 12.1. The molecule has 1 aliphatic rings. The van der Waals surface area contributed by atoms with Gasteiger partial charge in [0.05, 0.1) is 17.2 Å². The molecule has 3 rings (SSSR count). The zero-order valence-corrected chi connectivity index (χ0v) is 21.4. The number of carboxylic acid groups (broad SMARTS) is 1. The summed E-state index contributed by atoms with van der Waals surface area (Å²) in [5.74, 6) is -3.58. The van der Waals surface area contributed by atoms with Crippen LogP contribution in [0.3, 0.4) is 0 Å². The molecular weight excluding hydrogens is 479 g/mol. The molecule has 0 aromatic heterocycles. The summed E-state index contributed by atoms with van der Waals surface area (Å²) in [5, 5.41) is 18.8. The minimum atomic E-state index is -1.41. The smallest absolute Gasteiger partial charge is 0.338 e. The highest BCUT2D eigenvalue weighted by Crippen LogP contribution is 2.36. The van der Waals surface area contributed by atoms with Crippen molar-refractivity contribution in [3.8, 4) is 0 Å². The van der Waals surface area contributed by atoms with Crippen LogP contribution in [0.1, 0.15) is 64.1 Å². The number of aromatic carboxylic acids is 1. The molecule has 2 aromatic carbocycles. The van der Waals surface area contributed by atoms with Crippen molar-refractivity contribution < 1.29 is 38.4 Å². The van der Waals surface area contributed by atoms with Crippen molar-refractivity contribution in [1.29, 1.82) is 0 Å². The number of hydrogen-bond donors (Lipinski definition) is 2. The minimum absolute atomic E-state index is 0.0391. The van der Waals surface area contributed by atoms with Gasteiger partial charge in [-0.25, -0.2) is 14.0 Å². The van der Waals surface area contributed by atoms with E-state index in [1.165, 1.54) is 6.08 Å². The second-order valence-corrected chi connectivity index (χ2v) is 9.42. The van der Waals surface area contributed by atoms with Gasteiger partial charge in [-0.2, -0.15) is 0 Å². The molecule has 198 valence electrons. The molecule has 2 N–H and O–H groups in total. The molecule has 1 aliphatic heterocycles. The van der Waals surface area contributed by atoms with Crippen molar-refractivity contribution in [2.24, 2.45) is 0 Å². The largest absolute Gasteiger partial charge is 0.478 e. The lowest BCUT2D eigenvalue weighted by Crippen LogP contribution is -2.39. The van der Waals surface area contributed by atoms with Gasteiger partial charge >= 0.3 is 11.9 Å². The van der Waals surface area contributed by atoms with E-state index in [9.17, 15) is 14.7 Å². The number of carbonyl (C=O) groups is 2. The summed E-state index contributed by atoms with van der Waals surface area (Å²) < 4.78 is 32.9. The van der Waals surface area contributed by atoms with E-state index in [1.54, 1.807) is 75.4 Å². The van der Waals surface area contributed by atoms with E-state index in [-0.39, 0.29) is 30.6 Å². The van der Waals surface area contributed by atoms with Crippen molar-refractivity contribution in [3.63, 3.8) is 0 Å². The second-order valence-electron chi connectivity index (χ2n) is 9.42. The van der Waals surface area contributed by atoms with Gasteiger partial charge in [-0.15, -0.1) is 0 Å². The van der Waals surface area contributed by atoms with Gasteiger partial charge in [0.2, 0.25) is 0 Å². The first-order chi connectivity index (χ1) is 17.5.